The van der Waals surface area contributed by atoms with E-state index in [0.717, 1.165) is 83.5 Å². The van der Waals surface area contributed by atoms with Crippen LogP contribution >= 0.6 is 7.82 Å². The van der Waals surface area contributed by atoms with Crippen LogP contribution in [0.3, 0.4) is 0 Å². The smallest absolute Gasteiger partial charge is 0.306 e. The Labute approximate surface area is 426 Å². The van der Waals surface area contributed by atoms with Gasteiger partial charge in [-0.1, -0.05) is 221 Å². The van der Waals surface area contributed by atoms with Crippen molar-refractivity contribution in [3.8, 4) is 0 Å². The summed E-state index contributed by atoms with van der Waals surface area (Å²) in [6, 6.07) is 0. The summed E-state index contributed by atoms with van der Waals surface area (Å²) in [5.74, 6) is -0.349. The van der Waals surface area contributed by atoms with Crippen LogP contribution in [0.2, 0.25) is 0 Å². The number of unbranched alkanes of at least 4 members (excludes halogenated alkanes) is 24. The molecule has 69 heavy (non-hydrogen) atoms. The van der Waals surface area contributed by atoms with Crippen molar-refractivity contribution in [1.29, 1.82) is 0 Å². The summed E-state index contributed by atoms with van der Waals surface area (Å²) < 4.78 is 34.8. The van der Waals surface area contributed by atoms with E-state index >= 15 is 0 Å². The van der Waals surface area contributed by atoms with E-state index in [9.17, 15) is 14.3 Å². The number of phosphoric ester groups is 1. The van der Waals surface area contributed by atoms with Gasteiger partial charge < -0.3 is 27.9 Å². The lowest BCUT2D eigenvalue weighted by atomic mass is 10.1. The molecule has 0 aromatic heterocycles. The highest BCUT2D eigenvalue weighted by Gasteiger charge is 2.20. The molecular formula is C60H108NO7P. The van der Waals surface area contributed by atoms with Gasteiger partial charge in [0.25, 0.3) is 7.82 Å². The van der Waals surface area contributed by atoms with E-state index in [2.05, 4.69) is 98.9 Å². The third kappa shape index (κ3) is 56.5. The summed E-state index contributed by atoms with van der Waals surface area (Å²) in [7, 11) is 1.34. The van der Waals surface area contributed by atoms with Gasteiger partial charge >= 0.3 is 5.97 Å². The minimum Gasteiger partial charge on any atom is -0.756 e. The van der Waals surface area contributed by atoms with Gasteiger partial charge in [0.2, 0.25) is 0 Å². The number of nitrogens with zero attached hydrogens (tertiary/aromatic N) is 1. The average molecular weight is 986 g/mol. The molecule has 0 saturated heterocycles. The number of likely N-dealkylation sites (N-methyl/N-ethyl adjacent to an activating group) is 1. The maximum Gasteiger partial charge on any atom is 0.306 e. The van der Waals surface area contributed by atoms with Crippen molar-refractivity contribution in [3.63, 3.8) is 0 Å². The number of phosphoric acid groups is 1. The number of rotatable bonds is 52. The van der Waals surface area contributed by atoms with Crippen molar-refractivity contribution in [3.05, 3.63) is 85.1 Å². The molecule has 0 aromatic carbocycles. The zero-order chi connectivity index (χ0) is 50.5. The zero-order valence-corrected chi connectivity index (χ0v) is 46.4. The lowest BCUT2D eigenvalue weighted by Gasteiger charge is -2.28. The van der Waals surface area contributed by atoms with Crippen LogP contribution in [0.25, 0.3) is 0 Å². The third-order valence-electron chi connectivity index (χ3n) is 11.9. The van der Waals surface area contributed by atoms with E-state index in [1.165, 1.54) is 128 Å². The molecule has 0 aromatic rings. The predicted octanol–water partition coefficient (Wildman–Crippen LogP) is 17.3. The van der Waals surface area contributed by atoms with E-state index in [1.807, 2.05) is 21.1 Å². The minimum absolute atomic E-state index is 0.0189. The second kappa shape index (κ2) is 52.0. The number of ether oxygens (including phenoxy) is 2. The summed E-state index contributed by atoms with van der Waals surface area (Å²) in [5, 5.41) is 0. The van der Waals surface area contributed by atoms with Crippen molar-refractivity contribution in [2.24, 2.45) is 0 Å². The van der Waals surface area contributed by atoms with Gasteiger partial charge in [0.1, 0.15) is 19.3 Å². The highest BCUT2D eigenvalue weighted by atomic mass is 31.2. The van der Waals surface area contributed by atoms with Crippen LogP contribution in [0, 0.1) is 0 Å². The first-order valence-electron chi connectivity index (χ1n) is 28.3. The van der Waals surface area contributed by atoms with Crippen LogP contribution in [0.1, 0.15) is 232 Å². The van der Waals surface area contributed by atoms with Crippen LogP contribution in [0.4, 0.5) is 0 Å². The van der Waals surface area contributed by atoms with Crippen LogP contribution in [0.15, 0.2) is 85.1 Å². The maximum absolute atomic E-state index is 12.8. The average Bonchev–Trinajstić information content (AvgIpc) is 3.31. The van der Waals surface area contributed by atoms with Gasteiger partial charge in [0, 0.05) is 13.0 Å². The normalized spacial score (nSPS) is 14.1. The molecule has 0 aliphatic carbocycles. The molecule has 0 heterocycles. The zero-order valence-electron chi connectivity index (χ0n) is 45.5. The number of quaternary nitrogens is 1. The molecule has 0 N–H and O–H groups in total. The first kappa shape index (κ1) is 66.7. The van der Waals surface area contributed by atoms with Crippen LogP contribution in [-0.4, -0.2) is 70.7 Å². The Morgan fingerprint density at radius 3 is 1.28 bits per heavy atom. The Morgan fingerprint density at radius 2 is 0.841 bits per heavy atom. The van der Waals surface area contributed by atoms with Gasteiger partial charge in [-0.25, -0.2) is 0 Å². The van der Waals surface area contributed by atoms with Crippen molar-refractivity contribution in [2.75, 3.05) is 54.1 Å². The molecule has 0 rings (SSSR count). The highest BCUT2D eigenvalue weighted by molar-refractivity contribution is 7.45. The lowest BCUT2D eigenvalue weighted by Crippen LogP contribution is -2.37. The molecule has 0 amide bonds. The number of esters is 1. The third-order valence-corrected chi connectivity index (χ3v) is 12.9. The monoisotopic (exact) mass is 986 g/mol. The SMILES string of the molecule is CC/C=C\C/C=C\C/C=C\C/C=C\C/C=C\C/C=C\CCCCCCCCC(=O)OC(COCCCCCCCCCCCC/C=C\CCCCCCCCCC)COP(=O)([O-])OCC[N+](C)(C)C. The Balaban J connectivity index is 4.15. The van der Waals surface area contributed by atoms with Crippen LogP contribution in [-0.2, 0) is 27.9 Å². The van der Waals surface area contributed by atoms with Crippen molar-refractivity contribution in [1.82, 2.24) is 0 Å². The molecule has 0 bridgehead atoms. The largest absolute Gasteiger partial charge is 0.756 e. The van der Waals surface area contributed by atoms with E-state index in [0.29, 0.717) is 24.1 Å². The molecule has 0 fully saturated rings. The first-order chi connectivity index (χ1) is 33.6. The standard InChI is InChI=1S/C60H108NO7P/c1-6-8-10-12-14-16-18-20-22-24-26-28-30-31-32-33-35-37-39-41-43-45-47-49-51-53-60(62)68-59(58-67-69(63,64)66-56-54-61(3,4)5)57-65-55-52-50-48-46-44-42-40-38-36-34-29-27-25-23-21-19-17-15-13-11-9-7-2/h8,10,14,16,20,22,25-28,31-32,35,37,59H,6-7,9,11-13,15,17-19,21,23-24,29-30,33-34,36,38-58H2,1-5H3/b10-8-,16-14-,22-20-,27-25-,28-26-,32-31-,37-35-. The topological polar surface area (TPSA) is 94.1 Å². The first-order valence-corrected chi connectivity index (χ1v) is 29.8. The molecule has 0 spiro atoms. The minimum atomic E-state index is -4.54. The summed E-state index contributed by atoms with van der Waals surface area (Å²) in [6.07, 6.45) is 70.5. The van der Waals surface area contributed by atoms with Gasteiger partial charge in [0.05, 0.1) is 34.4 Å². The molecule has 0 radical (unpaired) electrons. The van der Waals surface area contributed by atoms with Gasteiger partial charge in [-0.05, 0) is 89.9 Å². The van der Waals surface area contributed by atoms with Gasteiger partial charge in [-0.3, -0.25) is 9.36 Å². The second-order valence-electron chi connectivity index (χ2n) is 19.9. The van der Waals surface area contributed by atoms with Gasteiger partial charge in [0.15, 0.2) is 0 Å². The number of allylic oxidation sites excluding steroid dienone is 14. The molecule has 0 aliphatic rings. The molecule has 2 atom stereocenters. The quantitative estimate of drug-likeness (QED) is 0.0197. The van der Waals surface area contributed by atoms with Crippen LogP contribution in [0.5, 0.6) is 0 Å². The van der Waals surface area contributed by atoms with E-state index < -0.39 is 13.9 Å². The summed E-state index contributed by atoms with van der Waals surface area (Å²) in [4.78, 5) is 25.3. The number of carbonyl (C=O) groups excluding carboxylic acids is 1. The molecule has 0 aliphatic heterocycles. The van der Waals surface area contributed by atoms with E-state index in [1.54, 1.807) is 0 Å². The maximum atomic E-state index is 12.8. The van der Waals surface area contributed by atoms with E-state index in [-0.39, 0.29) is 25.8 Å². The Morgan fingerprint density at radius 1 is 0.464 bits per heavy atom. The fourth-order valence-electron chi connectivity index (χ4n) is 7.60. The fourth-order valence-corrected chi connectivity index (χ4v) is 8.33. The lowest BCUT2D eigenvalue weighted by molar-refractivity contribution is -0.870. The fraction of sp³-hybridized carbons (Fsp3) is 0.750. The molecule has 8 nitrogen and oxygen atoms in total. The van der Waals surface area contributed by atoms with E-state index in [4.69, 9.17) is 18.5 Å². The molecular weight excluding hydrogens is 878 g/mol. The van der Waals surface area contributed by atoms with Gasteiger partial charge in [-0.2, -0.15) is 0 Å². The molecule has 400 valence electrons. The summed E-state index contributed by atoms with van der Waals surface area (Å²) in [6.45, 7) is 5.29. The van der Waals surface area contributed by atoms with Gasteiger partial charge in [-0.15, -0.1) is 0 Å². The molecule has 2 unspecified atom stereocenters. The number of hydrogen-bond donors (Lipinski definition) is 0. The van der Waals surface area contributed by atoms with Crippen molar-refractivity contribution < 1.29 is 37.3 Å². The Bertz CT molecular complexity index is 1380. The van der Waals surface area contributed by atoms with Crippen molar-refractivity contribution in [2.45, 2.75) is 238 Å². The Kier molecular flexibility index (Phi) is 50.3. The predicted molar refractivity (Wildman–Crippen MR) is 295 cm³/mol. The van der Waals surface area contributed by atoms with Crippen LogP contribution < -0.4 is 4.89 Å². The number of carbonyl (C=O) groups is 1. The Hall–Kier alpha value is -2.32. The van der Waals surface area contributed by atoms with Crippen molar-refractivity contribution >= 4 is 13.8 Å². The number of hydrogen-bond acceptors (Lipinski definition) is 7. The summed E-state index contributed by atoms with van der Waals surface area (Å²) in [5.41, 5.74) is 0. The molecule has 9 heteroatoms. The second-order valence-corrected chi connectivity index (χ2v) is 21.3. The highest BCUT2D eigenvalue weighted by Crippen LogP contribution is 2.38. The molecule has 0 saturated carbocycles. The summed E-state index contributed by atoms with van der Waals surface area (Å²) >= 11 is 0.